The van der Waals surface area contributed by atoms with Crippen molar-refractivity contribution in [1.82, 2.24) is 9.97 Å². The molecule has 0 unspecified atom stereocenters. The van der Waals surface area contributed by atoms with E-state index in [9.17, 15) is 4.39 Å². The SMILES string of the molecule is CC1=Cc2c(ccc(Nc3ccnc(Nc4cccc(Br)c4)n3)c2F)C1. The molecule has 4 nitrogen and oxygen atoms in total. The van der Waals surface area contributed by atoms with Crippen LogP contribution in [-0.2, 0) is 6.42 Å². The number of nitrogens with zero attached hydrogens (tertiary/aromatic N) is 2. The summed E-state index contributed by atoms with van der Waals surface area (Å²) in [5.41, 5.74) is 4.11. The topological polar surface area (TPSA) is 49.8 Å². The number of fused-ring (bicyclic) bond motifs is 1. The highest BCUT2D eigenvalue weighted by Crippen LogP contribution is 2.32. The van der Waals surface area contributed by atoms with Crippen LogP contribution in [0.5, 0.6) is 0 Å². The van der Waals surface area contributed by atoms with E-state index in [1.807, 2.05) is 43.3 Å². The zero-order chi connectivity index (χ0) is 18.1. The number of rotatable bonds is 4. The lowest BCUT2D eigenvalue weighted by atomic mass is 10.1. The number of anilines is 4. The van der Waals surface area contributed by atoms with Gasteiger partial charge in [0.1, 0.15) is 5.82 Å². The Bertz CT molecular complexity index is 1020. The lowest BCUT2D eigenvalue weighted by Gasteiger charge is -2.11. The van der Waals surface area contributed by atoms with E-state index in [0.717, 1.165) is 22.1 Å². The molecule has 1 aliphatic carbocycles. The summed E-state index contributed by atoms with van der Waals surface area (Å²) in [5, 5.41) is 6.19. The third-order valence-electron chi connectivity index (χ3n) is 4.13. The van der Waals surface area contributed by atoms with Crippen molar-refractivity contribution in [2.75, 3.05) is 10.6 Å². The van der Waals surface area contributed by atoms with Gasteiger partial charge in [-0.05, 0) is 49.2 Å². The van der Waals surface area contributed by atoms with Gasteiger partial charge in [0, 0.05) is 21.9 Å². The van der Waals surface area contributed by atoms with Crippen LogP contribution in [-0.4, -0.2) is 9.97 Å². The second-order valence-electron chi connectivity index (χ2n) is 6.19. The summed E-state index contributed by atoms with van der Waals surface area (Å²) in [7, 11) is 0. The molecule has 0 saturated carbocycles. The molecule has 0 atom stereocenters. The van der Waals surface area contributed by atoms with Crippen molar-refractivity contribution in [3.63, 3.8) is 0 Å². The van der Waals surface area contributed by atoms with Gasteiger partial charge in [-0.25, -0.2) is 9.37 Å². The summed E-state index contributed by atoms with van der Waals surface area (Å²) in [5.74, 6) is 0.708. The van der Waals surface area contributed by atoms with Crippen LogP contribution in [0, 0.1) is 5.82 Å². The predicted molar refractivity (Wildman–Crippen MR) is 106 cm³/mol. The van der Waals surface area contributed by atoms with Gasteiger partial charge in [-0.3, -0.25) is 0 Å². The normalized spacial score (nSPS) is 12.5. The van der Waals surface area contributed by atoms with Crippen LogP contribution in [0.4, 0.5) is 27.5 Å². The largest absolute Gasteiger partial charge is 0.338 e. The smallest absolute Gasteiger partial charge is 0.229 e. The lowest BCUT2D eigenvalue weighted by Crippen LogP contribution is -2.02. The first-order valence-electron chi connectivity index (χ1n) is 8.20. The zero-order valence-corrected chi connectivity index (χ0v) is 15.6. The molecule has 2 aromatic carbocycles. The summed E-state index contributed by atoms with van der Waals surface area (Å²) >= 11 is 3.43. The monoisotopic (exact) mass is 410 g/mol. The molecule has 0 radical (unpaired) electrons. The Morgan fingerprint density at radius 2 is 2.00 bits per heavy atom. The molecular weight excluding hydrogens is 395 g/mol. The van der Waals surface area contributed by atoms with Crippen molar-refractivity contribution in [3.8, 4) is 0 Å². The summed E-state index contributed by atoms with van der Waals surface area (Å²) < 4.78 is 15.7. The van der Waals surface area contributed by atoms with E-state index >= 15 is 0 Å². The minimum absolute atomic E-state index is 0.250. The molecule has 1 aliphatic rings. The Morgan fingerprint density at radius 1 is 1.12 bits per heavy atom. The molecular formula is C20H16BrFN4. The molecule has 1 heterocycles. The molecule has 26 heavy (non-hydrogen) atoms. The van der Waals surface area contributed by atoms with Crippen molar-refractivity contribution in [3.05, 3.63) is 75.7 Å². The Labute approximate surface area is 159 Å². The molecule has 0 fully saturated rings. The van der Waals surface area contributed by atoms with Crippen molar-refractivity contribution in [2.45, 2.75) is 13.3 Å². The van der Waals surface area contributed by atoms with Crippen LogP contribution < -0.4 is 10.6 Å². The Kier molecular flexibility index (Phi) is 4.42. The van der Waals surface area contributed by atoms with Gasteiger partial charge in [0.2, 0.25) is 5.95 Å². The van der Waals surface area contributed by atoms with Gasteiger partial charge < -0.3 is 10.6 Å². The molecule has 0 saturated heterocycles. The molecule has 1 aromatic heterocycles. The van der Waals surface area contributed by atoms with E-state index in [1.165, 1.54) is 5.57 Å². The first-order valence-corrected chi connectivity index (χ1v) is 8.99. The Morgan fingerprint density at radius 3 is 2.85 bits per heavy atom. The summed E-state index contributed by atoms with van der Waals surface area (Å²) in [4.78, 5) is 8.63. The van der Waals surface area contributed by atoms with Crippen LogP contribution in [0.2, 0.25) is 0 Å². The minimum atomic E-state index is -0.250. The number of allylic oxidation sites excluding steroid dienone is 1. The highest BCUT2D eigenvalue weighted by Gasteiger charge is 2.17. The quantitative estimate of drug-likeness (QED) is 0.568. The summed E-state index contributed by atoms with van der Waals surface area (Å²) in [6.45, 7) is 2.01. The molecule has 0 bridgehead atoms. The number of hydrogen-bond acceptors (Lipinski definition) is 4. The molecule has 0 amide bonds. The fourth-order valence-corrected chi connectivity index (χ4v) is 3.36. The van der Waals surface area contributed by atoms with E-state index in [1.54, 1.807) is 18.3 Å². The van der Waals surface area contributed by atoms with E-state index in [0.29, 0.717) is 23.0 Å². The molecule has 0 spiro atoms. The number of nitrogens with one attached hydrogen (secondary N) is 2. The van der Waals surface area contributed by atoms with E-state index in [4.69, 9.17) is 0 Å². The average molecular weight is 411 g/mol. The Balaban J connectivity index is 1.57. The summed E-state index contributed by atoms with van der Waals surface area (Å²) in [6, 6.07) is 13.1. The standard InChI is InChI=1S/C20H16BrFN4/c1-12-9-13-5-6-17(19(22)16(13)10-12)25-18-7-8-23-20(26-18)24-15-4-2-3-14(21)11-15/h2-8,10-11H,9H2,1H3,(H2,23,24,25,26). The van der Waals surface area contributed by atoms with Gasteiger partial charge in [-0.15, -0.1) is 0 Å². The van der Waals surface area contributed by atoms with E-state index in [2.05, 4.69) is 36.5 Å². The molecule has 0 aliphatic heterocycles. The van der Waals surface area contributed by atoms with Gasteiger partial charge in [0.15, 0.2) is 5.82 Å². The third kappa shape index (κ3) is 3.46. The van der Waals surface area contributed by atoms with Crippen molar-refractivity contribution < 1.29 is 4.39 Å². The number of benzene rings is 2. The maximum atomic E-state index is 14.8. The predicted octanol–water partition coefficient (Wildman–Crippen LogP) is 5.82. The molecule has 130 valence electrons. The third-order valence-corrected chi connectivity index (χ3v) is 4.62. The number of hydrogen-bond donors (Lipinski definition) is 2. The van der Waals surface area contributed by atoms with Crippen LogP contribution in [0.3, 0.4) is 0 Å². The average Bonchev–Trinajstić information content (AvgIpc) is 2.99. The van der Waals surface area contributed by atoms with Gasteiger partial charge >= 0.3 is 0 Å². The summed E-state index contributed by atoms with van der Waals surface area (Å²) in [6.07, 6.45) is 4.34. The van der Waals surface area contributed by atoms with Crippen molar-refractivity contribution >= 4 is 45.1 Å². The van der Waals surface area contributed by atoms with Crippen molar-refractivity contribution in [1.29, 1.82) is 0 Å². The van der Waals surface area contributed by atoms with Crippen molar-refractivity contribution in [2.24, 2.45) is 0 Å². The fraction of sp³-hybridized carbons (Fsp3) is 0.100. The van der Waals surface area contributed by atoms with Gasteiger partial charge in [0.05, 0.1) is 5.69 Å². The van der Waals surface area contributed by atoms with Gasteiger partial charge in [-0.1, -0.05) is 39.7 Å². The Hall–Kier alpha value is -2.73. The first kappa shape index (κ1) is 16.7. The van der Waals surface area contributed by atoms with Gasteiger partial charge in [0.25, 0.3) is 0 Å². The molecule has 4 rings (SSSR count). The first-order chi connectivity index (χ1) is 12.6. The maximum absolute atomic E-state index is 14.8. The zero-order valence-electron chi connectivity index (χ0n) is 14.1. The second kappa shape index (κ2) is 6.88. The van der Waals surface area contributed by atoms with Crippen LogP contribution >= 0.6 is 15.9 Å². The molecule has 2 N–H and O–H groups in total. The minimum Gasteiger partial charge on any atom is -0.338 e. The number of halogens is 2. The van der Waals surface area contributed by atoms with E-state index in [-0.39, 0.29) is 5.82 Å². The lowest BCUT2D eigenvalue weighted by molar-refractivity contribution is 0.628. The number of aromatic nitrogens is 2. The highest BCUT2D eigenvalue weighted by molar-refractivity contribution is 9.10. The van der Waals surface area contributed by atoms with Crippen LogP contribution in [0.15, 0.2) is 58.7 Å². The highest BCUT2D eigenvalue weighted by atomic mass is 79.9. The molecule has 6 heteroatoms. The second-order valence-corrected chi connectivity index (χ2v) is 7.11. The van der Waals surface area contributed by atoms with Crippen LogP contribution in [0.1, 0.15) is 18.1 Å². The van der Waals surface area contributed by atoms with E-state index < -0.39 is 0 Å². The van der Waals surface area contributed by atoms with Crippen LogP contribution in [0.25, 0.3) is 6.08 Å². The fourth-order valence-electron chi connectivity index (χ4n) is 2.96. The van der Waals surface area contributed by atoms with Gasteiger partial charge in [-0.2, -0.15) is 4.98 Å². The molecule has 3 aromatic rings. The maximum Gasteiger partial charge on any atom is 0.229 e.